The highest BCUT2D eigenvalue weighted by Gasteiger charge is 2.27. The number of amides is 2. The molecule has 0 atom stereocenters. The number of carbonyl (C=O) groups excluding carboxylic acids is 2. The molecule has 0 bridgehead atoms. The molecule has 2 amide bonds. The highest BCUT2D eigenvalue weighted by molar-refractivity contribution is 6.30. The van der Waals surface area contributed by atoms with Crippen molar-refractivity contribution in [1.82, 2.24) is 20.6 Å². The zero-order valence-corrected chi connectivity index (χ0v) is 15.5. The van der Waals surface area contributed by atoms with E-state index in [-0.39, 0.29) is 11.8 Å². The van der Waals surface area contributed by atoms with Crippen LogP contribution in [0.1, 0.15) is 34.1 Å². The lowest BCUT2D eigenvalue weighted by Crippen LogP contribution is -2.46. The van der Waals surface area contributed by atoms with Gasteiger partial charge in [-0.2, -0.15) is 0 Å². The fourth-order valence-electron chi connectivity index (χ4n) is 2.02. The van der Waals surface area contributed by atoms with E-state index in [1.807, 2.05) is 4.90 Å². The molecule has 0 fully saturated rings. The Hall–Kier alpha value is -1.89. The highest BCUT2D eigenvalue weighted by atomic mass is 35.5. The molecule has 2 N–H and O–H groups in total. The number of aromatic nitrogens is 2. The second kappa shape index (κ2) is 9.42. The van der Waals surface area contributed by atoms with Crippen LogP contribution in [0.15, 0.2) is 12.4 Å². The topological polar surface area (TPSA) is 87.2 Å². The second-order valence-electron chi connectivity index (χ2n) is 6.24. The monoisotopic (exact) mass is 355 g/mol. The Labute approximate surface area is 148 Å². The fourth-order valence-corrected chi connectivity index (χ4v) is 2.12. The van der Waals surface area contributed by atoms with Crippen LogP contribution in [-0.4, -0.2) is 48.0 Å². The van der Waals surface area contributed by atoms with Crippen LogP contribution >= 0.6 is 11.6 Å². The van der Waals surface area contributed by atoms with Crippen LogP contribution in [0.3, 0.4) is 0 Å². The van der Waals surface area contributed by atoms with Gasteiger partial charge in [0.25, 0.3) is 0 Å². The number of hydrogen-bond donors (Lipinski definition) is 2. The minimum Gasteiger partial charge on any atom is -0.355 e. The van der Waals surface area contributed by atoms with Gasteiger partial charge in [-0.05, 0) is 20.3 Å². The lowest BCUT2D eigenvalue weighted by Gasteiger charge is -2.26. The third-order valence-electron chi connectivity index (χ3n) is 3.44. The lowest BCUT2D eigenvalue weighted by atomic mass is 9.92. The molecular weight excluding hydrogens is 330 g/mol. The standard InChI is InChI=1S/C16H26ClN5O2/c1-5-7-22(15-19-9-13(17)10-20-15)8-6-18-14(24)16(3,4)11-21-12(2)23/h9-10H,5-8,11H2,1-4H3,(H,18,24)(H,21,23). The summed E-state index contributed by atoms with van der Waals surface area (Å²) in [5.41, 5.74) is -0.669. The summed E-state index contributed by atoms with van der Waals surface area (Å²) in [6.45, 7) is 9.24. The van der Waals surface area contributed by atoms with Crippen molar-refractivity contribution in [3.8, 4) is 0 Å². The number of carbonyl (C=O) groups is 2. The summed E-state index contributed by atoms with van der Waals surface area (Å²) in [4.78, 5) is 33.7. The summed E-state index contributed by atoms with van der Waals surface area (Å²) in [5, 5.41) is 6.07. The second-order valence-corrected chi connectivity index (χ2v) is 6.67. The van der Waals surface area contributed by atoms with Crippen molar-refractivity contribution in [2.75, 3.05) is 31.1 Å². The van der Waals surface area contributed by atoms with Crippen molar-refractivity contribution >= 4 is 29.4 Å². The Kier molecular flexibility index (Phi) is 7.91. The Morgan fingerprint density at radius 1 is 1.21 bits per heavy atom. The van der Waals surface area contributed by atoms with Gasteiger partial charge in [-0.1, -0.05) is 18.5 Å². The van der Waals surface area contributed by atoms with Gasteiger partial charge < -0.3 is 15.5 Å². The van der Waals surface area contributed by atoms with Gasteiger partial charge >= 0.3 is 0 Å². The maximum absolute atomic E-state index is 12.3. The van der Waals surface area contributed by atoms with Crippen molar-refractivity contribution < 1.29 is 9.59 Å². The number of rotatable bonds is 9. The van der Waals surface area contributed by atoms with E-state index in [4.69, 9.17) is 11.6 Å². The quantitative estimate of drug-likeness (QED) is 0.703. The number of hydrogen-bond acceptors (Lipinski definition) is 5. The fraction of sp³-hybridized carbons (Fsp3) is 0.625. The Morgan fingerprint density at radius 3 is 2.38 bits per heavy atom. The molecule has 0 radical (unpaired) electrons. The molecule has 0 aliphatic heterocycles. The van der Waals surface area contributed by atoms with Gasteiger partial charge in [0.05, 0.1) is 22.8 Å². The largest absolute Gasteiger partial charge is 0.355 e. The first-order chi connectivity index (χ1) is 11.3. The third kappa shape index (κ3) is 6.70. The van der Waals surface area contributed by atoms with Crippen LogP contribution in [0.5, 0.6) is 0 Å². The summed E-state index contributed by atoms with van der Waals surface area (Å²) >= 11 is 5.81. The zero-order valence-electron chi connectivity index (χ0n) is 14.7. The van der Waals surface area contributed by atoms with E-state index in [1.165, 1.54) is 6.92 Å². The Morgan fingerprint density at radius 2 is 1.83 bits per heavy atom. The first-order valence-corrected chi connectivity index (χ1v) is 8.39. The SMILES string of the molecule is CCCN(CCNC(=O)C(C)(C)CNC(C)=O)c1ncc(Cl)cn1. The van der Waals surface area contributed by atoms with Crippen LogP contribution in [0.4, 0.5) is 5.95 Å². The number of anilines is 1. The molecule has 134 valence electrons. The molecule has 0 aliphatic rings. The summed E-state index contributed by atoms with van der Waals surface area (Å²) in [6, 6.07) is 0. The van der Waals surface area contributed by atoms with Crippen LogP contribution in [0, 0.1) is 5.41 Å². The van der Waals surface area contributed by atoms with E-state index >= 15 is 0 Å². The van der Waals surface area contributed by atoms with Crippen molar-refractivity contribution in [3.05, 3.63) is 17.4 Å². The summed E-state index contributed by atoms with van der Waals surface area (Å²) < 4.78 is 0. The van der Waals surface area contributed by atoms with Crippen LogP contribution in [-0.2, 0) is 9.59 Å². The number of nitrogens with one attached hydrogen (secondary N) is 2. The minimum absolute atomic E-state index is 0.107. The maximum Gasteiger partial charge on any atom is 0.227 e. The van der Waals surface area contributed by atoms with Gasteiger partial charge in [0.1, 0.15) is 0 Å². The zero-order chi connectivity index (χ0) is 18.2. The average Bonchev–Trinajstić information content (AvgIpc) is 2.53. The molecule has 0 aliphatic carbocycles. The summed E-state index contributed by atoms with van der Waals surface area (Å²) in [6.07, 6.45) is 4.05. The van der Waals surface area contributed by atoms with Gasteiger partial charge in [-0.15, -0.1) is 0 Å². The molecule has 0 aromatic carbocycles. The Bertz CT molecular complexity index is 548. The van der Waals surface area contributed by atoms with Gasteiger partial charge in [0.2, 0.25) is 17.8 Å². The minimum atomic E-state index is -0.669. The molecule has 0 unspecified atom stereocenters. The molecule has 8 heteroatoms. The van der Waals surface area contributed by atoms with Gasteiger partial charge in [0.15, 0.2) is 0 Å². The molecule has 0 saturated heterocycles. The first kappa shape index (κ1) is 20.2. The van der Waals surface area contributed by atoms with Crippen molar-refractivity contribution in [2.24, 2.45) is 5.41 Å². The molecule has 1 rings (SSSR count). The molecule has 7 nitrogen and oxygen atoms in total. The van der Waals surface area contributed by atoms with Crippen LogP contribution < -0.4 is 15.5 Å². The molecule has 0 spiro atoms. The predicted octanol–water partition coefficient (Wildman–Crippen LogP) is 1.62. The average molecular weight is 356 g/mol. The van der Waals surface area contributed by atoms with Gasteiger partial charge in [-0.25, -0.2) is 9.97 Å². The number of nitrogens with zero attached hydrogens (tertiary/aromatic N) is 3. The molecule has 0 saturated carbocycles. The molecule has 1 heterocycles. The predicted molar refractivity (Wildman–Crippen MR) is 95.0 cm³/mol. The molecule has 24 heavy (non-hydrogen) atoms. The van der Waals surface area contributed by atoms with E-state index in [9.17, 15) is 9.59 Å². The van der Waals surface area contributed by atoms with Gasteiger partial charge in [0, 0.05) is 33.1 Å². The van der Waals surface area contributed by atoms with E-state index in [2.05, 4.69) is 27.5 Å². The smallest absolute Gasteiger partial charge is 0.227 e. The van der Waals surface area contributed by atoms with E-state index in [0.29, 0.717) is 30.6 Å². The normalized spacial score (nSPS) is 11.0. The molecule has 1 aromatic rings. The lowest BCUT2D eigenvalue weighted by molar-refractivity contribution is -0.129. The Balaban J connectivity index is 2.54. The van der Waals surface area contributed by atoms with Crippen molar-refractivity contribution in [1.29, 1.82) is 0 Å². The maximum atomic E-state index is 12.3. The van der Waals surface area contributed by atoms with Crippen LogP contribution in [0.2, 0.25) is 5.02 Å². The highest BCUT2D eigenvalue weighted by Crippen LogP contribution is 2.14. The van der Waals surface area contributed by atoms with E-state index in [1.54, 1.807) is 26.2 Å². The van der Waals surface area contributed by atoms with Crippen molar-refractivity contribution in [3.63, 3.8) is 0 Å². The van der Waals surface area contributed by atoms with E-state index < -0.39 is 5.41 Å². The molecule has 1 aromatic heterocycles. The van der Waals surface area contributed by atoms with Gasteiger partial charge in [-0.3, -0.25) is 9.59 Å². The number of halogens is 1. The van der Waals surface area contributed by atoms with E-state index in [0.717, 1.165) is 13.0 Å². The molecular formula is C16H26ClN5O2. The third-order valence-corrected chi connectivity index (χ3v) is 3.64. The first-order valence-electron chi connectivity index (χ1n) is 8.01. The summed E-state index contributed by atoms with van der Waals surface area (Å²) in [7, 11) is 0. The van der Waals surface area contributed by atoms with Crippen molar-refractivity contribution in [2.45, 2.75) is 34.1 Å². The van der Waals surface area contributed by atoms with Crippen LogP contribution in [0.25, 0.3) is 0 Å². The summed E-state index contributed by atoms with van der Waals surface area (Å²) in [5.74, 6) is 0.336.